The number of cyclic esters (lactones) is 1. The van der Waals surface area contributed by atoms with E-state index in [0.717, 1.165) is 10.5 Å². The monoisotopic (exact) mass is 284 g/mol. The van der Waals surface area contributed by atoms with Crippen molar-refractivity contribution in [3.63, 3.8) is 0 Å². The van der Waals surface area contributed by atoms with Gasteiger partial charge in [-0.15, -0.1) is 0 Å². The van der Waals surface area contributed by atoms with Gasteiger partial charge in [-0.2, -0.15) is 0 Å². The second-order valence-corrected chi connectivity index (χ2v) is 5.71. The predicted molar refractivity (Wildman–Crippen MR) is 70.5 cm³/mol. The minimum atomic E-state index is -1.55. The molecule has 1 amide bonds. The fraction of sp³-hybridized carbons (Fsp3) is 0.714. The van der Waals surface area contributed by atoms with E-state index in [9.17, 15) is 19.8 Å². The lowest BCUT2D eigenvalue weighted by atomic mass is 9.88. The average molecular weight is 284 g/mol. The second-order valence-electron chi connectivity index (χ2n) is 5.71. The van der Waals surface area contributed by atoms with Gasteiger partial charge in [0.25, 0.3) is 0 Å². The molecule has 1 heterocycles. The molecule has 0 aliphatic carbocycles. The number of carboxylic acid groups (broad SMARTS) is 1. The van der Waals surface area contributed by atoms with Crippen LogP contribution in [0.15, 0.2) is 11.6 Å². The zero-order chi connectivity index (χ0) is 15.6. The molecule has 1 saturated heterocycles. The third kappa shape index (κ3) is 3.30. The Morgan fingerprint density at radius 1 is 1.45 bits per heavy atom. The molecule has 0 unspecified atom stereocenters. The molecule has 1 aliphatic rings. The molecule has 0 aromatic carbocycles. The molecule has 6 heteroatoms. The Balaban J connectivity index is 2.81. The van der Waals surface area contributed by atoms with Crippen LogP contribution in [0.5, 0.6) is 0 Å². The molecular weight excluding hydrogens is 262 g/mol. The summed E-state index contributed by atoms with van der Waals surface area (Å²) < 4.78 is 5.29. The number of ether oxygens (including phenoxy) is 1. The highest BCUT2D eigenvalue weighted by molar-refractivity contribution is 5.73. The highest BCUT2D eigenvalue weighted by Crippen LogP contribution is 2.40. The van der Waals surface area contributed by atoms with Gasteiger partial charge < -0.3 is 19.7 Å². The number of rotatable bonds is 6. The van der Waals surface area contributed by atoms with Crippen LogP contribution in [0.1, 0.15) is 47.0 Å². The van der Waals surface area contributed by atoms with Gasteiger partial charge in [0.05, 0.1) is 0 Å². The topological polar surface area (TPSA) is 89.9 Å². The lowest BCUT2D eigenvalue weighted by Crippen LogP contribution is -2.55. The zero-order valence-corrected chi connectivity index (χ0v) is 12.4. The van der Waals surface area contributed by atoms with Gasteiger partial charge in [0.2, 0.25) is 0 Å². The standard InChI is InChI=1S/C14H23NO5/c1-10(2)6-5-8-13(3)14(4,19)15(12(18)20-13)9-7-11(16)17/h6,19H,5,7-9H2,1-4H3,(H,16,17)/p-1/t13-,14+/m1/s1. The summed E-state index contributed by atoms with van der Waals surface area (Å²) in [5, 5.41) is 21.1. The summed E-state index contributed by atoms with van der Waals surface area (Å²) in [6.45, 7) is 6.92. The maximum absolute atomic E-state index is 11.8. The van der Waals surface area contributed by atoms with Crippen molar-refractivity contribution < 1.29 is 24.5 Å². The van der Waals surface area contributed by atoms with E-state index in [1.54, 1.807) is 6.92 Å². The zero-order valence-electron chi connectivity index (χ0n) is 12.4. The van der Waals surface area contributed by atoms with E-state index in [1.807, 2.05) is 19.9 Å². The third-order valence-corrected chi connectivity index (χ3v) is 3.77. The van der Waals surface area contributed by atoms with E-state index < -0.39 is 23.4 Å². The van der Waals surface area contributed by atoms with Gasteiger partial charge in [0.1, 0.15) is 0 Å². The number of carbonyl (C=O) groups excluding carboxylic acids is 2. The molecule has 1 fully saturated rings. The van der Waals surface area contributed by atoms with Crippen LogP contribution in [0.3, 0.4) is 0 Å². The van der Waals surface area contributed by atoms with Gasteiger partial charge in [-0.05, 0) is 40.5 Å². The maximum atomic E-state index is 11.8. The van der Waals surface area contributed by atoms with Gasteiger partial charge in [-0.1, -0.05) is 11.6 Å². The lowest BCUT2D eigenvalue weighted by molar-refractivity contribution is -0.306. The molecule has 1 N–H and O–H groups in total. The summed E-state index contributed by atoms with van der Waals surface area (Å²) in [4.78, 5) is 23.4. The Morgan fingerprint density at radius 2 is 2.05 bits per heavy atom. The van der Waals surface area contributed by atoms with Gasteiger partial charge in [0.15, 0.2) is 11.3 Å². The van der Waals surface area contributed by atoms with Crippen molar-refractivity contribution in [1.82, 2.24) is 4.90 Å². The summed E-state index contributed by atoms with van der Waals surface area (Å²) in [5.41, 5.74) is -1.47. The van der Waals surface area contributed by atoms with Gasteiger partial charge >= 0.3 is 6.09 Å². The molecular formula is C14H22NO5-. The van der Waals surface area contributed by atoms with Gasteiger partial charge in [-0.3, -0.25) is 4.90 Å². The van der Waals surface area contributed by atoms with Crippen LogP contribution < -0.4 is 5.11 Å². The molecule has 6 nitrogen and oxygen atoms in total. The Morgan fingerprint density at radius 3 is 2.55 bits per heavy atom. The van der Waals surface area contributed by atoms with Crippen LogP contribution in [0, 0.1) is 0 Å². The molecule has 1 aliphatic heterocycles. The predicted octanol–water partition coefficient (Wildman–Crippen LogP) is 0.792. The third-order valence-electron chi connectivity index (χ3n) is 3.77. The summed E-state index contributed by atoms with van der Waals surface area (Å²) in [7, 11) is 0. The van der Waals surface area contributed by atoms with Gasteiger partial charge in [-0.25, -0.2) is 4.79 Å². The first-order chi connectivity index (χ1) is 9.10. The number of aliphatic hydroxyl groups is 1. The highest BCUT2D eigenvalue weighted by Gasteiger charge is 2.58. The first-order valence-corrected chi connectivity index (χ1v) is 6.66. The molecule has 0 spiro atoms. The smallest absolute Gasteiger partial charge is 0.412 e. The molecule has 114 valence electrons. The van der Waals surface area contributed by atoms with Crippen molar-refractivity contribution in [2.45, 2.75) is 58.3 Å². The molecule has 0 aromatic heterocycles. The van der Waals surface area contributed by atoms with Crippen LogP contribution in [0.25, 0.3) is 0 Å². The number of carboxylic acids is 1. The van der Waals surface area contributed by atoms with Crippen LogP contribution in [0.4, 0.5) is 4.79 Å². The van der Waals surface area contributed by atoms with Crippen LogP contribution >= 0.6 is 0 Å². The molecule has 0 radical (unpaired) electrons. The van der Waals surface area contributed by atoms with Crippen molar-refractivity contribution in [2.75, 3.05) is 6.54 Å². The van der Waals surface area contributed by atoms with E-state index in [1.165, 1.54) is 6.92 Å². The number of hydrogen-bond donors (Lipinski definition) is 1. The molecule has 1 rings (SSSR count). The Bertz CT molecular complexity index is 425. The van der Waals surface area contributed by atoms with E-state index in [4.69, 9.17) is 4.74 Å². The van der Waals surface area contributed by atoms with Crippen LogP contribution in [0.2, 0.25) is 0 Å². The minimum absolute atomic E-state index is 0.133. The van der Waals surface area contributed by atoms with E-state index >= 15 is 0 Å². The molecule has 0 bridgehead atoms. The van der Waals surface area contributed by atoms with Crippen molar-refractivity contribution in [2.24, 2.45) is 0 Å². The van der Waals surface area contributed by atoms with Crippen LogP contribution in [-0.2, 0) is 9.53 Å². The molecule has 2 atom stereocenters. The number of aliphatic carboxylic acids is 1. The quantitative estimate of drug-likeness (QED) is 0.728. The molecule has 20 heavy (non-hydrogen) atoms. The summed E-state index contributed by atoms with van der Waals surface area (Å²) in [6, 6.07) is 0. The highest BCUT2D eigenvalue weighted by atomic mass is 16.6. The molecule has 0 aromatic rings. The van der Waals surface area contributed by atoms with Crippen molar-refractivity contribution in [1.29, 1.82) is 0 Å². The van der Waals surface area contributed by atoms with Crippen LogP contribution in [-0.4, -0.2) is 39.9 Å². The summed E-state index contributed by atoms with van der Waals surface area (Å²) in [5.74, 6) is -1.27. The van der Waals surface area contributed by atoms with E-state index in [0.29, 0.717) is 12.8 Å². The number of allylic oxidation sites excluding steroid dienone is 2. The first-order valence-electron chi connectivity index (χ1n) is 6.66. The van der Waals surface area contributed by atoms with Crippen molar-refractivity contribution >= 4 is 12.1 Å². The number of carbonyl (C=O) groups is 2. The van der Waals surface area contributed by atoms with E-state index in [-0.39, 0.29) is 13.0 Å². The van der Waals surface area contributed by atoms with Crippen molar-refractivity contribution in [3.05, 3.63) is 11.6 Å². The van der Waals surface area contributed by atoms with Gasteiger partial charge in [0, 0.05) is 18.9 Å². The number of amides is 1. The average Bonchev–Trinajstić information content (AvgIpc) is 2.42. The summed E-state index contributed by atoms with van der Waals surface area (Å²) >= 11 is 0. The fourth-order valence-electron chi connectivity index (χ4n) is 2.24. The number of nitrogens with zero attached hydrogens (tertiary/aromatic N) is 1. The van der Waals surface area contributed by atoms with E-state index in [2.05, 4.69) is 0 Å². The normalized spacial score (nSPS) is 29.2. The summed E-state index contributed by atoms with van der Waals surface area (Å²) in [6.07, 6.45) is 2.08. The second kappa shape index (κ2) is 5.83. The molecule has 0 saturated carbocycles. The van der Waals surface area contributed by atoms with Crippen molar-refractivity contribution in [3.8, 4) is 0 Å². The lowest BCUT2D eigenvalue weighted by Gasteiger charge is -2.37. The Hall–Kier alpha value is -1.56. The first kappa shape index (κ1) is 16.5. The minimum Gasteiger partial charge on any atom is -0.550 e. The Labute approximate surface area is 119 Å². The largest absolute Gasteiger partial charge is 0.550 e. The Kier molecular flexibility index (Phi) is 4.81. The number of hydrogen-bond acceptors (Lipinski definition) is 5. The fourth-order valence-corrected chi connectivity index (χ4v) is 2.24. The SMILES string of the molecule is CC(C)=CCC[C@@]1(C)OC(=O)N(CCC(=O)[O-])[C@@]1(C)O. The maximum Gasteiger partial charge on any atom is 0.412 e.